The van der Waals surface area contributed by atoms with E-state index in [9.17, 15) is 9.90 Å². The Kier molecular flexibility index (Phi) is 6.21. The summed E-state index contributed by atoms with van der Waals surface area (Å²) in [7, 11) is 1.66. The van der Waals surface area contributed by atoms with Gasteiger partial charge in [-0.15, -0.1) is 0 Å². The summed E-state index contributed by atoms with van der Waals surface area (Å²) in [4.78, 5) is 19.3. The van der Waals surface area contributed by atoms with E-state index in [-0.39, 0.29) is 30.3 Å². The topological polar surface area (TPSA) is 103 Å². The molecule has 2 aromatic heterocycles. The number of methoxy groups -OCH3 is 1. The van der Waals surface area contributed by atoms with Gasteiger partial charge < -0.3 is 29.0 Å². The molecule has 2 N–H and O–H groups in total. The number of rotatable bonds is 6. The van der Waals surface area contributed by atoms with Crippen molar-refractivity contribution in [3.05, 3.63) is 53.1 Å². The van der Waals surface area contributed by atoms with Gasteiger partial charge in [-0.1, -0.05) is 41.9 Å². The van der Waals surface area contributed by atoms with E-state index in [2.05, 4.69) is 4.98 Å². The first-order chi connectivity index (χ1) is 17.5. The Morgan fingerprint density at radius 2 is 1.83 bits per heavy atom. The predicted molar refractivity (Wildman–Crippen MR) is 134 cm³/mol. The number of benzene rings is 1. The number of aromatic nitrogens is 2. The van der Waals surface area contributed by atoms with E-state index in [1.165, 1.54) is 5.57 Å². The molecular formula is C27H27ClN2O6. The fourth-order valence-corrected chi connectivity index (χ4v) is 5.59. The number of hydrogen-bond acceptors (Lipinski definition) is 6. The Labute approximate surface area is 213 Å². The van der Waals surface area contributed by atoms with Crippen LogP contribution in [0.5, 0.6) is 5.88 Å². The summed E-state index contributed by atoms with van der Waals surface area (Å²) in [6.07, 6.45) is 3.45. The van der Waals surface area contributed by atoms with Crippen LogP contribution in [0.4, 0.5) is 0 Å². The van der Waals surface area contributed by atoms with Crippen LogP contribution in [0.25, 0.3) is 27.9 Å². The third-order valence-electron chi connectivity index (χ3n) is 7.36. The second-order valence-electron chi connectivity index (χ2n) is 9.53. The molecule has 1 aliphatic carbocycles. The van der Waals surface area contributed by atoms with Crippen LogP contribution in [0.3, 0.4) is 0 Å². The van der Waals surface area contributed by atoms with Crippen molar-refractivity contribution in [2.75, 3.05) is 20.3 Å². The minimum absolute atomic E-state index is 0.0724. The summed E-state index contributed by atoms with van der Waals surface area (Å²) in [6.45, 7) is 0.932. The standard InChI is InChI=1S/C27H27ClN2O6/c1-33-21-12-34-26-22(13-35-25(21)26)36-23-11-20-19(29-23)10-18(28)24(30-20)16-6-2-14(3-7-16)15-4-8-17(9-5-15)27(31)32/h2-4,6-7,10-11,17,21-22,25-26,29H,5,8-9,12-13H2,1H3,(H,31,32)/t17?,21-,22-,25?,26?/m1/s1. The number of aromatic amines is 1. The molecule has 9 heteroatoms. The largest absolute Gasteiger partial charge is 0.481 e. The minimum atomic E-state index is -0.720. The van der Waals surface area contributed by atoms with Crippen LogP contribution in [0.1, 0.15) is 24.8 Å². The van der Waals surface area contributed by atoms with E-state index in [4.69, 9.17) is 35.5 Å². The first-order valence-electron chi connectivity index (χ1n) is 12.1. The quantitative estimate of drug-likeness (QED) is 0.495. The van der Waals surface area contributed by atoms with E-state index in [0.29, 0.717) is 42.7 Å². The van der Waals surface area contributed by atoms with E-state index >= 15 is 0 Å². The van der Waals surface area contributed by atoms with Crippen molar-refractivity contribution in [2.24, 2.45) is 5.92 Å². The first-order valence-corrected chi connectivity index (χ1v) is 12.5. The Bertz CT molecular complexity index is 1320. The molecule has 188 valence electrons. The van der Waals surface area contributed by atoms with Crippen molar-refractivity contribution in [3.8, 4) is 17.1 Å². The first kappa shape index (κ1) is 23.5. The molecule has 1 aromatic carbocycles. The van der Waals surface area contributed by atoms with Gasteiger partial charge in [0.15, 0.2) is 12.0 Å². The van der Waals surface area contributed by atoms with Crippen molar-refractivity contribution in [1.29, 1.82) is 0 Å². The Morgan fingerprint density at radius 1 is 1.11 bits per heavy atom. The lowest BCUT2D eigenvalue weighted by molar-refractivity contribution is -0.141. The van der Waals surface area contributed by atoms with Gasteiger partial charge in [0.1, 0.15) is 18.3 Å². The molecule has 5 atom stereocenters. The highest BCUT2D eigenvalue weighted by atomic mass is 35.5. The molecule has 0 bridgehead atoms. The minimum Gasteiger partial charge on any atom is -0.481 e. The highest BCUT2D eigenvalue weighted by molar-refractivity contribution is 6.33. The normalized spacial score (nSPS) is 27.7. The summed E-state index contributed by atoms with van der Waals surface area (Å²) in [5, 5.41) is 9.75. The van der Waals surface area contributed by atoms with Crippen LogP contribution in [0, 0.1) is 5.92 Å². The number of nitrogens with one attached hydrogen (secondary N) is 1. The highest BCUT2D eigenvalue weighted by Gasteiger charge is 2.49. The van der Waals surface area contributed by atoms with Crippen LogP contribution in [-0.2, 0) is 19.0 Å². The number of carboxylic acid groups (broad SMARTS) is 1. The van der Waals surface area contributed by atoms with Crippen LogP contribution < -0.4 is 4.74 Å². The Morgan fingerprint density at radius 3 is 2.53 bits per heavy atom. The van der Waals surface area contributed by atoms with Gasteiger partial charge in [0.25, 0.3) is 0 Å². The lowest BCUT2D eigenvalue weighted by Gasteiger charge is -2.19. The zero-order valence-electron chi connectivity index (χ0n) is 19.8. The second-order valence-corrected chi connectivity index (χ2v) is 9.93. The van der Waals surface area contributed by atoms with Gasteiger partial charge in [-0.25, -0.2) is 4.98 Å². The predicted octanol–water partition coefficient (Wildman–Crippen LogP) is 4.71. The number of fused-ring (bicyclic) bond motifs is 2. The van der Waals surface area contributed by atoms with Gasteiger partial charge in [-0.3, -0.25) is 4.79 Å². The molecule has 36 heavy (non-hydrogen) atoms. The fourth-order valence-electron chi connectivity index (χ4n) is 5.33. The number of nitrogens with zero attached hydrogens (tertiary/aromatic N) is 1. The fraction of sp³-hybridized carbons (Fsp3) is 0.407. The van der Waals surface area contributed by atoms with Gasteiger partial charge in [-0.05, 0) is 36.5 Å². The summed E-state index contributed by atoms with van der Waals surface area (Å²) in [5.74, 6) is -0.417. The molecule has 2 saturated heterocycles. The summed E-state index contributed by atoms with van der Waals surface area (Å²) in [6, 6.07) is 11.8. The molecule has 3 aromatic rings. The van der Waals surface area contributed by atoms with Crippen molar-refractivity contribution in [1.82, 2.24) is 9.97 Å². The van der Waals surface area contributed by atoms with E-state index in [1.807, 2.05) is 42.5 Å². The summed E-state index contributed by atoms with van der Waals surface area (Å²) < 4.78 is 23.3. The lowest BCUT2D eigenvalue weighted by atomic mass is 9.86. The number of pyridine rings is 1. The number of allylic oxidation sites excluding steroid dienone is 2. The second kappa shape index (κ2) is 9.52. The number of halogens is 1. The Hall–Kier alpha value is -2.91. The maximum Gasteiger partial charge on any atom is 0.306 e. The maximum atomic E-state index is 11.2. The molecule has 0 saturated carbocycles. The molecule has 0 spiro atoms. The van der Waals surface area contributed by atoms with Crippen molar-refractivity contribution < 1.29 is 28.8 Å². The van der Waals surface area contributed by atoms with Crippen LogP contribution >= 0.6 is 11.6 Å². The molecule has 3 aliphatic rings. The third kappa shape index (κ3) is 4.28. The zero-order chi connectivity index (χ0) is 24.8. The van der Waals surface area contributed by atoms with Crippen molar-refractivity contribution >= 4 is 34.2 Å². The summed E-state index contributed by atoms with van der Waals surface area (Å²) in [5.41, 5.74) is 5.41. The number of carbonyl (C=O) groups is 1. The number of hydrogen-bond donors (Lipinski definition) is 2. The average Bonchev–Trinajstić information content (AvgIpc) is 3.59. The van der Waals surface area contributed by atoms with Gasteiger partial charge >= 0.3 is 5.97 Å². The van der Waals surface area contributed by atoms with Crippen molar-refractivity contribution in [2.45, 2.75) is 43.7 Å². The molecule has 0 amide bonds. The monoisotopic (exact) mass is 510 g/mol. The molecule has 2 aliphatic heterocycles. The van der Waals surface area contributed by atoms with Crippen LogP contribution in [-0.4, -0.2) is 65.8 Å². The average molecular weight is 511 g/mol. The summed E-state index contributed by atoms with van der Waals surface area (Å²) >= 11 is 6.61. The molecule has 0 radical (unpaired) electrons. The van der Waals surface area contributed by atoms with Crippen LogP contribution in [0.2, 0.25) is 5.02 Å². The molecule has 6 rings (SSSR count). The third-order valence-corrected chi connectivity index (χ3v) is 7.65. The molecule has 3 unspecified atom stereocenters. The van der Waals surface area contributed by atoms with Crippen molar-refractivity contribution in [3.63, 3.8) is 0 Å². The highest BCUT2D eigenvalue weighted by Crippen LogP contribution is 2.35. The number of ether oxygens (including phenoxy) is 4. The number of aliphatic carboxylic acids is 1. The molecule has 8 nitrogen and oxygen atoms in total. The van der Waals surface area contributed by atoms with Gasteiger partial charge in [-0.2, -0.15) is 0 Å². The molecular weight excluding hydrogens is 484 g/mol. The zero-order valence-corrected chi connectivity index (χ0v) is 20.5. The molecule has 4 heterocycles. The van der Waals surface area contributed by atoms with Gasteiger partial charge in [0.05, 0.1) is 40.9 Å². The van der Waals surface area contributed by atoms with Gasteiger partial charge in [0, 0.05) is 18.7 Å². The van der Waals surface area contributed by atoms with E-state index in [1.54, 1.807) is 7.11 Å². The maximum absolute atomic E-state index is 11.2. The smallest absolute Gasteiger partial charge is 0.306 e. The SMILES string of the molecule is CO[C@@H]1COC2C1OC[C@H]2Oc1cc2nc(-c3ccc(C4=CCC(C(=O)O)CC4)cc3)c(Cl)cc2[nH]1. The number of H-pyrrole nitrogens is 1. The van der Waals surface area contributed by atoms with E-state index < -0.39 is 5.97 Å². The lowest BCUT2D eigenvalue weighted by Crippen LogP contribution is -2.35. The number of carboxylic acids is 1. The Balaban J connectivity index is 1.19. The van der Waals surface area contributed by atoms with Gasteiger partial charge in [0.2, 0.25) is 0 Å². The van der Waals surface area contributed by atoms with E-state index in [0.717, 1.165) is 28.6 Å². The molecule has 2 fully saturated rings. The van der Waals surface area contributed by atoms with Crippen LogP contribution in [0.15, 0.2) is 42.5 Å².